The first-order valence-electron chi connectivity index (χ1n) is 8.19. The van der Waals surface area contributed by atoms with E-state index in [-0.39, 0.29) is 29.6 Å². The van der Waals surface area contributed by atoms with E-state index in [1.54, 1.807) is 14.2 Å². The number of rotatable bonds is 10. The Morgan fingerprint density at radius 3 is 2.46 bits per heavy atom. The van der Waals surface area contributed by atoms with Crippen molar-refractivity contribution in [1.82, 2.24) is 10.6 Å². The van der Waals surface area contributed by atoms with Crippen LogP contribution in [0.5, 0.6) is 0 Å². The van der Waals surface area contributed by atoms with Crippen LogP contribution in [0.15, 0.2) is 35.3 Å². The van der Waals surface area contributed by atoms with Crippen molar-refractivity contribution < 1.29 is 9.47 Å². The molecule has 0 radical (unpaired) electrons. The van der Waals surface area contributed by atoms with Gasteiger partial charge in [0.2, 0.25) is 0 Å². The quantitative estimate of drug-likeness (QED) is 0.250. The van der Waals surface area contributed by atoms with E-state index in [1.807, 2.05) is 19.9 Å². The monoisotopic (exact) mass is 449 g/mol. The summed E-state index contributed by atoms with van der Waals surface area (Å²) in [4.78, 5) is 4.20. The zero-order valence-electron chi connectivity index (χ0n) is 15.3. The van der Waals surface area contributed by atoms with E-state index in [4.69, 9.17) is 9.47 Å². The molecule has 0 spiro atoms. The van der Waals surface area contributed by atoms with Gasteiger partial charge in [-0.25, -0.2) is 0 Å². The molecule has 0 amide bonds. The molecule has 0 fully saturated rings. The van der Waals surface area contributed by atoms with Crippen molar-refractivity contribution in [2.24, 2.45) is 4.99 Å². The molecule has 0 bridgehead atoms. The van der Waals surface area contributed by atoms with Crippen LogP contribution in [-0.4, -0.2) is 52.0 Å². The van der Waals surface area contributed by atoms with Crippen molar-refractivity contribution in [1.29, 1.82) is 0 Å². The number of methoxy groups -OCH3 is 1. The van der Waals surface area contributed by atoms with E-state index < -0.39 is 0 Å². The minimum absolute atomic E-state index is 0. The second-order valence-corrected chi connectivity index (χ2v) is 6.02. The molecule has 1 aromatic carbocycles. The Hall–Kier alpha value is -0.860. The minimum Gasteiger partial charge on any atom is -0.381 e. The molecule has 138 valence electrons. The van der Waals surface area contributed by atoms with E-state index in [1.165, 1.54) is 5.56 Å². The summed E-state index contributed by atoms with van der Waals surface area (Å²) in [5.41, 5.74) is 1.11. The van der Waals surface area contributed by atoms with Crippen molar-refractivity contribution in [3.05, 3.63) is 35.9 Å². The van der Waals surface area contributed by atoms with Gasteiger partial charge in [-0.05, 0) is 32.3 Å². The Labute approximate surface area is 163 Å². The number of benzene rings is 1. The van der Waals surface area contributed by atoms with Crippen LogP contribution in [0.25, 0.3) is 0 Å². The zero-order chi connectivity index (χ0) is 17.0. The highest BCUT2D eigenvalue weighted by atomic mass is 127. The van der Waals surface area contributed by atoms with Crippen LogP contribution < -0.4 is 10.6 Å². The standard InChI is InChI=1S/C18H31N3O2.HI/c1-18(2,22-4)15-21-17(19-3)20-12-8-13-23-14-11-16-9-6-5-7-10-16;/h5-7,9-10H,8,11-15H2,1-4H3,(H2,19,20,21);1H. The van der Waals surface area contributed by atoms with Gasteiger partial charge in [0.15, 0.2) is 5.96 Å². The predicted molar refractivity (Wildman–Crippen MR) is 111 cm³/mol. The molecule has 0 atom stereocenters. The van der Waals surface area contributed by atoms with Crippen molar-refractivity contribution in [2.75, 3.05) is 40.5 Å². The third-order valence-corrected chi connectivity index (χ3v) is 3.59. The second kappa shape index (κ2) is 13.4. The lowest BCUT2D eigenvalue weighted by molar-refractivity contribution is 0.0268. The highest BCUT2D eigenvalue weighted by Crippen LogP contribution is 2.04. The van der Waals surface area contributed by atoms with Crippen LogP contribution in [0.2, 0.25) is 0 Å². The number of nitrogens with zero attached hydrogens (tertiary/aromatic N) is 1. The molecule has 24 heavy (non-hydrogen) atoms. The van der Waals surface area contributed by atoms with E-state index in [0.29, 0.717) is 6.54 Å². The van der Waals surface area contributed by atoms with Crippen molar-refractivity contribution in [3.63, 3.8) is 0 Å². The summed E-state index contributed by atoms with van der Waals surface area (Å²) in [6, 6.07) is 10.4. The lowest BCUT2D eigenvalue weighted by atomic mass is 10.1. The van der Waals surface area contributed by atoms with E-state index in [0.717, 1.165) is 38.6 Å². The molecule has 0 saturated carbocycles. The molecule has 6 heteroatoms. The minimum atomic E-state index is -0.210. The molecule has 0 unspecified atom stereocenters. The average Bonchev–Trinajstić information content (AvgIpc) is 2.57. The third-order valence-electron chi connectivity index (χ3n) is 3.59. The number of hydrogen-bond donors (Lipinski definition) is 2. The lowest BCUT2D eigenvalue weighted by Crippen LogP contribution is -2.45. The Balaban J connectivity index is 0.00000529. The summed E-state index contributed by atoms with van der Waals surface area (Å²) in [6.07, 6.45) is 1.91. The van der Waals surface area contributed by atoms with E-state index in [2.05, 4.69) is 39.9 Å². The van der Waals surface area contributed by atoms with E-state index >= 15 is 0 Å². The first-order chi connectivity index (χ1) is 11.1. The molecule has 0 heterocycles. The molecule has 0 aromatic heterocycles. The van der Waals surface area contributed by atoms with Gasteiger partial charge in [-0.15, -0.1) is 24.0 Å². The summed E-state index contributed by atoms with van der Waals surface area (Å²) in [5.74, 6) is 0.791. The Morgan fingerprint density at radius 2 is 1.83 bits per heavy atom. The molecule has 1 rings (SSSR count). The molecule has 0 aliphatic heterocycles. The van der Waals surface area contributed by atoms with Crippen molar-refractivity contribution in [3.8, 4) is 0 Å². The molecule has 2 N–H and O–H groups in total. The number of guanidine groups is 1. The Kier molecular flexibility index (Phi) is 13.0. The van der Waals surface area contributed by atoms with Crippen LogP contribution in [-0.2, 0) is 15.9 Å². The summed E-state index contributed by atoms with van der Waals surface area (Å²) in [7, 11) is 3.48. The highest BCUT2D eigenvalue weighted by Gasteiger charge is 2.16. The lowest BCUT2D eigenvalue weighted by Gasteiger charge is -2.24. The summed E-state index contributed by atoms with van der Waals surface area (Å²) < 4.78 is 11.0. The average molecular weight is 449 g/mol. The summed E-state index contributed by atoms with van der Waals surface area (Å²) >= 11 is 0. The smallest absolute Gasteiger partial charge is 0.191 e. The molecule has 5 nitrogen and oxygen atoms in total. The van der Waals surface area contributed by atoms with Gasteiger partial charge in [0.25, 0.3) is 0 Å². The number of halogens is 1. The topological polar surface area (TPSA) is 54.9 Å². The Bertz CT molecular complexity index is 453. The van der Waals surface area contributed by atoms with E-state index in [9.17, 15) is 0 Å². The maximum atomic E-state index is 5.66. The van der Waals surface area contributed by atoms with Gasteiger partial charge in [0.05, 0.1) is 12.2 Å². The largest absolute Gasteiger partial charge is 0.381 e. The molecule has 1 aromatic rings. The number of aliphatic imine (C=N–C) groups is 1. The number of nitrogens with one attached hydrogen (secondary N) is 2. The van der Waals surface area contributed by atoms with Crippen LogP contribution in [0, 0.1) is 0 Å². The summed E-state index contributed by atoms with van der Waals surface area (Å²) in [5, 5.41) is 6.54. The first-order valence-corrected chi connectivity index (χ1v) is 8.19. The van der Waals surface area contributed by atoms with Gasteiger partial charge in [-0.3, -0.25) is 4.99 Å². The number of ether oxygens (including phenoxy) is 2. The van der Waals surface area contributed by atoms with Gasteiger partial charge in [0.1, 0.15) is 0 Å². The SMILES string of the molecule is CN=C(NCCCOCCc1ccccc1)NCC(C)(C)OC.I. The first kappa shape index (κ1) is 23.1. The Morgan fingerprint density at radius 1 is 1.12 bits per heavy atom. The van der Waals surface area contributed by atoms with Crippen molar-refractivity contribution >= 4 is 29.9 Å². The zero-order valence-corrected chi connectivity index (χ0v) is 17.6. The highest BCUT2D eigenvalue weighted by molar-refractivity contribution is 14.0. The maximum Gasteiger partial charge on any atom is 0.191 e. The molecule has 0 saturated heterocycles. The van der Waals surface area contributed by atoms with Crippen molar-refractivity contribution in [2.45, 2.75) is 32.3 Å². The second-order valence-electron chi connectivity index (χ2n) is 6.02. The molecule has 0 aliphatic rings. The van der Waals surface area contributed by atoms with Gasteiger partial charge < -0.3 is 20.1 Å². The fraction of sp³-hybridized carbons (Fsp3) is 0.611. The van der Waals surface area contributed by atoms with Crippen LogP contribution in [0.3, 0.4) is 0 Å². The third kappa shape index (κ3) is 10.8. The molecular formula is C18H32IN3O2. The number of hydrogen-bond acceptors (Lipinski definition) is 3. The van der Waals surface area contributed by atoms with Gasteiger partial charge >= 0.3 is 0 Å². The van der Waals surface area contributed by atoms with Crippen LogP contribution in [0.4, 0.5) is 0 Å². The van der Waals surface area contributed by atoms with Crippen LogP contribution in [0.1, 0.15) is 25.8 Å². The fourth-order valence-electron chi connectivity index (χ4n) is 1.91. The summed E-state index contributed by atoms with van der Waals surface area (Å²) in [6.45, 7) is 7.12. The molecule has 0 aliphatic carbocycles. The van der Waals surface area contributed by atoms with Gasteiger partial charge in [-0.1, -0.05) is 30.3 Å². The van der Waals surface area contributed by atoms with Gasteiger partial charge in [0, 0.05) is 33.9 Å². The predicted octanol–water partition coefficient (Wildman–Crippen LogP) is 2.84. The van der Waals surface area contributed by atoms with Crippen LogP contribution >= 0.6 is 24.0 Å². The fourth-order valence-corrected chi connectivity index (χ4v) is 1.91. The normalized spacial score (nSPS) is 11.8. The maximum absolute atomic E-state index is 5.66. The van der Waals surface area contributed by atoms with Gasteiger partial charge in [-0.2, -0.15) is 0 Å². The molecular weight excluding hydrogens is 417 g/mol.